The van der Waals surface area contributed by atoms with Crippen molar-refractivity contribution in [2.75, 3.05) is 0 Å². The quantitative estimate of drug-likeness (QED) is 0.626. The minimum atomic E-state index is 0.0170. The summed E-state index contributed by atoms with van der Waals surface area (Å²) in [4.78, 5) is 13.9. The first-order valence-corrected chi connectivity index (χ1v) is 7.81. The minimum absolute atomic E-state index is 0.0170. The molecule has 2 aromatic heterocycles. The van der Waals surface area contributed by atoms with Crippen molar-refractivity contribution in [3.63, 3.8) is 0 Å². The van der Waals surface area contributed by atoms with Crippen molar-refractivity contribution in [1.82, 2.24) is 9.97 Å². The molecule has 3 rings (SSSR count). The summed E-state index contributed by atoms with van der Waals surface area (Å²) in [7, 11) is 0. The molecular formula is C20H21N3. The highest BCUT2D eigenvalue weighted by Crippen LogP contribution is 2.28. The van der Waals surface area contributed by atoms with Gasteiger partial charge in [-0.2, -0.15) is 0 Å². The van der Waals surface area contributed by atoms with Crippen molar-refractivity contribution in [3.05, 3.63) is 65.6 Å². The fourth-order valence-corrected chi connectivity index (χ4v) is 2.43. The Hall–Kier alpha value is -2.55. The van der Waals surface area contributed by atoms with Gasteiger partial charge in [0.05, 0.1) is 23.1 Å². The number of fused-ring (bicyclic) bond motifs is 1. The van der Waals surface area contributed by atoms with Crippen LogP contribution in [0.5, 0.6) is 0 Å². The number of aliphatic imine (C=N–C) groups is 1. The molecule has 0 aliphatic carbocycles. The Morgan fingerprint density at radius 3 is 2.43 bits per heavy atom. The van der Waals surface area contributed by atoms with E-state index in [0.29, 0.717) is 0 Å². The van der Waals surface area contributed by atoms with Gasteiger partial charge < -0.3 is 0 Å². The van der Waals surface area contributed by atoms with E-state index >= 15 is 0 Å². The van der Waals surface area contributed by atoms with E-state index in [1.807, 2.05) is 37.3 Å². The summed E-state index contributed by atoms with van der Waals surface area (Å²) in [5.74, 6) is 0. The molecule has 0 spiro atoms. The SMILES string of the molecule is Cc1cccc(C=Nc2cccc3ccc(C(C)(C)C)nc23)n1. The molecule has 0 aliphatic rings. The summed E-state index contributed by atoms with van der Waals surface area (Å²) in [6.45, 7) is 8.49. The zero-order valence-corrected chi connectivity index (χ0v) is 14.0. The third-order valence-corrected chi connectivity index (χ3v) is 3.71. The zero-order chi connectivity index (χ0) is 16.4. The van der Waals surface area contributed by atoms with Crippen LogP contribution < -0.4 is 0 Å². The molecule has 116 valence electrons. The highest BCUT2D eigenvalue weighted by atomic mass is 14.8. The zero-order valence-electron chi connectivity index (χ0n) is 14.0. The first kappa shape index (κ1) is 15.3. The Labute approximate surface area is 137 Å². The van der Waals surface area contributed by atoms with Gasteiger partial charge in [0.15, 0.2) is 0 Å². The predicted molar refractivity (Wildman–Crippen MR) is 96.7 cm³/mol. The highest BCUT2D eigenvalue weighted by molar-refractivity contribution is 5.92. The van der Waals surface area contributed by atoms with Crippen molar-refractivity contribution in [1.29, 1.82) is 0 Å². The van der Waals surface area contributed by atoms with Gasteiger partial charge in [-0.3, -0.25) is 15.0 Å². The van der Waals surface area contributed by atoms with Gasteiger partial charge >= 0.3 is 0 Å². The number of hydrogen-bond acceptors (Lipinski definition) is 3. The maximum atomic E-state index is 4.84. The van der Waals surface area contributed by atoms with Crippen molar-refractivity contribution >= 4 is 22.8 Å². The van der Waals surface area contributed by atoms with Crippen molar-refractivity contribution in [2.45, 2.75) is 33.1 Å². The van der Waals surface area contributed by atoms with Crippen LogP contribution in [-0.2, 0) is 5.41 Å². The number of hydrogen-bond donors (Lipinski definition) is 0. The molecule has 0 N–H and O–H groups in total. The molecule has 0 aliphatic heterocycles. The van der Waals surface area contributed by atoms with Gasteiger partial charge in [-0.1, -0.05) is 45.0 Å². The van der Waals surface area contributed by atoms with Crippen molar-refractivity contribution < 1.29 is 0 Å². The van der Waals surface area contributed by atoms with E-state index in [4.69, 9.17) is 4.98 Å². The molecule has 0 amide bonds. The molecule has 23 heavy (non-hydrogen) atoms. The maximum absolute atomic E-state index is 4.84. The number of rotatable bonds is 2. The normalized spacial score (nSPS) is 12.2. The average molecular weight is 303 g/mol. The molecule has 0 unspecified atom stereocenters. The second kappa shape index (κ2) is 5.92. The van der Waals surface area contributed by atoms with Gasteiger partial charge in [-0.25, -0.2) is 0 Å². The van der Waals surface area contributed by atoms with Crippen molar-refractivity contribution in [2.24, 2.45) is 4.99 Å². The van der Waals surface area contributed by atoms with Gasteiger partial charge in [-0.05, 0) is 31.2 Å². The summed E-state index contributed by atoms with van der Waals surface area (Å²) in [5.41, 5.74) is 4.74. The second-order valence-corrected chi connectivity index (χ2v) is 6.76. The summed E-state index contributed by atoms with van der Waals surface area (Å²) in [5, 5.41) is 1.10. The maximum Gasteiger partial charge on any atom is 0.0961 e. The van der Waals surface area contributed by atoms with Crippen molar-refractivity contribution in [3.8, 4) is 0 Å². The number of aryl methyl sites for hydroxylation is 1. The molecule has 0 fully saturated rings. The van der Waals surface area contributed by atoms with Crippen LogP contribution in [0.2, 0.25) is 0 Å². The minimum Gasteiger partial charge on any atom is -0.252 e. The van der Waals surface area contributed by atoms with Crippen LogP contribution in [0.15, 0.2) is 53.5 Å². The molecule has 0 bridgehead atoms. The lowest BCUT2D eigenvalue weighted by molar-refractivity contribution is 0.571. The molecule has 0 saturated heterocycles. The van der Waals surface area contributed by atoms with E-state index in [1.54, 1.807) is 6.21 Å². The van der Waals surface area contributed by atoms with Crippen LogP contribution in [0, 0.1) is 6.92 Å². The summed E-state index contributed by atoms with van der Waals surface area (Å²) < 4.78 is 0. The highest BCUT2D eigenvalue weighted by Gasteiger charge is 2.16. The molecule has 2 heterocycles. The second-order valence-electron chi connectivity index (χ2n) is 6.76. The van der Waals surface area contributed by atoms with E-state index < -0.39 is 0 Å². The average Bonchev–Trinajstić information content (AvgIpc) is 2.51. The monoisotopic (exact) mass is 303 g/mol. The lowest BCUT2D eigenvalue weighted by atomic mass is 9.91. The summed E-state index contributed by atoms with van der Waals surface area (Å²) >= 11 is 0. The lowest BCUT2D eigenvalue weighted by Gasteiger charge is -2.18. The first-order chi connectivity index (χ1) is 10.9. The van der Waals surface area contributed by atoms with Gasteiger partial charge in [0.2, 0.25) is 0 Å². The molecule has 0 saturated carbocycles. The lowest BCUT2D eigenvalue weighted by Crippen LogP contribution is -2.13. The predicted octanol–water partition coefficient (Wildman–Crippen LogP) is 4.99. The van der Waals surface area contributed by atoms with E-state index in [1.165, 1.54) is 0 Å². The Morgan fingerprint density at radius 2 is 1.70 bits per heavy atom. The van der Waals surface area contributed by atoms with Gasteiger partial charge in [0.25, 0.3) is 0 Å². The fraction of sp³-hybridized carbons (Fsp3) is 0.250. The van der Waals surface area contributed by atoms with Gasteiger partial charge in [-0.15, -0.1) is 0 Å². The number of para-hydroxylation sites is 1. The molecule has 3 aromatic rings. The standard InChI is InChI=1S/C20H21N3/c1-14-7-5-9-16(22-14)13-21-17-10-6-8-15-11-12-18(20(2,3)4)23-19(15)17/h5-13H,1-4H3. The number of pyridine rings is 2. The smallest absolute Gasteiger partial charge is 0.0961 e. The first-order valence-electron chi connectivity index (χ1n) is 7.81. The Balaban J connectivity index is 2.06. The molecule has 3 nitrogen and oxygen atoms in total. The third-order valence-electron chi connectivity index (χ3n) is 3.71. The molecular weight excluding hydrogens is 282 g/mol. The third kappa shape index (κ3) is 3.45. The van der Waals surface area contributed by atoms with Crippen LogP contribution in [-0.4, -0.2) is 16.2 Å². The van der Waals surface area contributed by atoms with Gasteiger partial charge in [0, 0.05) is 22.2 Å². The van der Waals surface area contributed by atoms with Crippen LogP contribution >= 0.6 is 0 Å². The molecule has 3 heteroatoms. The largest absolute Gasteiger partial charge is 0.252 e. The molecule has 0 radical (unpaired) electrons. The molecule has 1 aromatic carbocycles. The number of benzene rings is 1. The Morgan fingerprint density at radius 1 is 0.913 bits per heavy atom. The van der Waals surface area contributed by atoms with E-state index in [9.17, 15) is 0 Å². The van der Waals surface area contributed by atoms with E-state index in [2.05, 4.69) is 48.9 Å². The molecule has 0 atom stereocenters. The van der Waals surface area contributed by atoms with Crippen LogP contribution in [0.25, 0.3) is 10.9 Å². The summed E-state index contributed by atoms with van der Waals surface area (Å²) in [6.07, 6.45) is 1.80. The fourth-order valence-electron chi connectivity index (χ4n) is 2.43. The van der Waals surface area contributed by atoms with Crippen LogP contribution in [0.1, 0.15) is 37.9 Å². The van der Waals surface area contributed by atoms with Crippen LogP contribution in [0.4, 0.5) is 5.69 Å². The van der Waals surface area contributed by atoms with Gasteiger partial charge in [0.1, 0.15) is 0 Å². The Kier molecular flexibility index (Phi) is 3.95. The van der Waals surface area contributed by atoms with E-state index in [0.717, 1.165) is 33.7 Å². The van der Waals surface area contributed by atoms with E-state index in [-0.39, 0.29) is 5.41 Å². The van der Waals surface area contributed by atoms with Crippen LogP contribution in [0.3, 0.4) is 0 Å². The number of aromatic nitrogens is 2. The summed E-state index contributed by atoms with van der Waals surface area (Å²) in [6, 6.07) is 16.2. The topological polar surface area (TPSA) is 38.1 Å². The number of nitrogens with zero attached hydrogens (tertiary/aromatic N) is 3. The Bertz CT molecular complexity index is 873.